The summed E-state index contributed by atoms with van der Waals surface area (Å²) in [6, 6.07) is 10.1. The van der Waals surface area contributed by atoms with Crippen LogP contribution in [0, 0.1) is 13.8 Å². The molecule has 2 aromatic rings. The highest BCUT2D eigenvalue weighted by atomic mass is 32.2. The molecule has 6 nitrogen and oxygen atoms in total. The van der Waals surface area contributed by atoms with E-state index in [2.05, 4.69) is 41.3 Å². The van der Waals surface area contributed by atoms with Crippen molar-refractivity contribution in [1.82, 2.24) is 10.3 Å². The molecule has 0 unspecified atom stereocenters. The third kappa shape index (κ3) is 3.23. The van der Waals surface area contributed by atoms with Crippen molar-refractivity contribution < 1.29 is 13.2 Å². The van der Waals surface area contributed by atoms with Crippen LogP contribution in [0.4, 0.5) is 0 Å². The number of aryl methyl sites for hydroxylation is 2. The number of nitrogens with one attached hydrogen (secondary N) is 1. The van der Waals surface area contributed by atoms with Crippen LogP contribution < -0.4 is 10.1 Å². The number of aliphatic imine (C=N–C) groups is 1. The highest BCUT2D eigenvalue weighted by Gasteiger charge is 2.42. The van der Waals surface area contributed by atoms with Crippen LogP contribution in [0.15, 0.2) is 46.8 Å². The Balaban J connectivity index is 1.65. The molecule has 0 saturated carbocycles. The van der Waals surface area contributed by atoms with E-state index >= 15 is 0 Å². The van der Waals surface area contributed by atoms with Gasteiger partial charge in [0.05, 0.1) is 36.2 Å². The Kier molecular flexibility index (Phi) is 4.07. The number of amidine groups is 1. The Morgan fingerprint density at radius 3 is 2.63 bits per heavy atom. The summed E-state index contributed by atoms with van der Waals surface area (Å²) in [6.45, 7) is 4.53. The fraction of sp³-hybridized carbons (Fsp3) is 0.300. The molecule has 0 radical (unpaired) electrons. The molecule has 0 bridgehead atoms. The lowest BCUT2D eigenvalue weighted by atomic mass is 10.0. The zero-order chi connectivity index (χ0) is 19.2. The van der Waals surface area contributed by atoms with E-state index in [9.17, 15) is 8.42 Å². The molecule has 1 aromatic heterocycles. The number of rotatable bonds is 3. The third-order valence-corrected chi connectivity index (χ3v) is 6.52. The fourth-order valence-electron chi connectivity index (χ4n) is 3.39. The highest BCUT2D eigenvalue weighted by Crippen LogP contribution is 2.29. The lowest BCUT2D eigenvalue weighted by Crippen LogP contribution is -2.46. The van der Waals surface area contributed by atoms with Gasteiger partial charge in [0, 0.05) is 11.0 Å². The minimum atomic E-state index is -3.17. The van der Waals surface area contributed by atoms with Gasteiger partial charge in [-0.25, -0.2) is 13.4 Å². The quantitative estimate of drug-likeness (QED) is 0.880. The Hall–Kier alpha value is -2.67. The normalized spacial score (nSPS) is 22.7. The van der Waals surface area contributed by atoms with Crippen molar-refractivity contribution in [1.29, 1.82) is 0 Å². The van der Waals surface area contributed by atoms with E-state index in [4.69, 9.17) is 4.74 Å². The van der Waals surface area contributed by atoms with Gasteiger partial charge in [0.15, 0.2) is 9.84 Å². The van der Waals surface area contributed by atoms with Crippen LogP contribution in [0.3, 0.4) is 0 Å². The van der Waals surface area contributed by atoms with Crippen LogP contribution in [0.5, 0.6) is 5.88 Å². The molecule has 3 heterocycles. The number of methoxy groups -OCH3 is 1. The van der Waals surface area contributed by atoms with Crippen molar-refractivity contribution >= 4 is 15.7 Å². The van der Waals surface area contributed by atoms with Gasteiger partial charge in [0.1, 0.15) is 5.84 Å². The molecule has 0 fully saturated rings. The Morgan fingerprint density at radius 2 is 1.96 bits per heavy atom. The monoisotopic (exact) mass is 383 g/mol. The first-order chi connectivity index (χ1) is 12.8. The van der Waals surface area contributed by atoms with Gasteiger partial charge < -0.3 is 10.1 Å². The van der Waals surface area contributed by atoms with Crippen LogP contribution >= 0.6 is 0 Å². The molecule has 27 heavy (non-hydrogen) atoms. The van der Waals surface area contributed by atoms with E-state index in [1.807, 2.05) is 18.2 Å². The maximum atomic E-state index is 11.8. The van der Waals surface area contributed by atoms with Crippen molar-refractivity contribution in [2.24, 2.45) is 4.99 Å². The average Bonchev–Trinajstić information content (AvgIpc) is 3.19. The Labute approximate surface area is 158 Å². The lowest BCUT2D eigenvalue weighted by Gasteiger charge is -2.21. The molecular formula is C20H21N3O3S. The van der Waals surface area contributed by atoms with Gasteiger partial charge in [-0.2, -0.15) is 0 Å². The summed E-state index contributed by atoms with van der Waals surface area (Å²) in [7, 11) is -1.60. The van der Waals surface area contributed by atoms with Crippen molar-refractivity contribution in [3.05, 3.63) is 58.5 Å². The Morgan fingerprint density at radius 1 is 1.15 bits per heavy atom. The summed E-state index contributed by atoms with van der Waals surface area (Å²) in [6.07, 6.45) is 1.68. The van der Waals surface area contributed by atoms with Gasteiger partial charge in [-0.15, -0.1) is 0 Å². The molecule has 1 spiro atoms. The van der Waals surface area contributed by atoms with Crippen molar-refractivity contribution in [3.63, 3.8) is 0 Å². The molecule has 1 aromatic carbocycles. The van der Waals surface area contributed by atoms with Crippen molar-refractivity contribution in [3.8, 4) is 17.1 Å². The first-order valence-corrected chi connectivity index (χ1v) is 10.4. The summed E-state index contributed by atoms with van der Waals surface area (Å²) in [5.41, 5.74) is 4.33. The van der Waals surface area contributed by atoms with E-state index in [1.54, 1.807) is 13.2 Å². The molecule has 0 amide bonds. The largest absolute Gasteiger partial charge is 0.480 e. The minimum Gasteiger partial charge on any atom is -0.480 e. The molecule has 0 aliphatic carbocycles. The highest BCUT2D eigenvalue weighted by molar-refractivity contribution is 7.94. The molecular weight excluding hydrogens is 362 g/mol. The van der Waals surface area contributed by atoms with Gasteiger partial charge >= 0.3 is 0 Å². The molecule has 4 rings (SSSR count). The molecule has 2 aliphatic rings. The van der Waals surface area contributed by atoms with Gasteiger partial charge in [-0.3, -0.25) is 4.99 Å². The summed E-state index contributed by atoms with van der Waals surface area (Å²) in [5, 5.41) is 4.51. The second-order valence-corrected chi connectivity index (χ2v) is 8.99. The summed E-state index contributed by atoms with van der Waals surface area (Å²) < 4.78 is 29.1. The first-order valence-electron chi connectivity index (χ1n) is 8.68. The van der Waals surface area contributed by atoms with Gasteiger partial charge in [-0.1, -0.05) is 12.1 Å². The summed E-state index contributed by atoms with van der Waals surface area (Å²) in [5.74, 6) is 1.08. The number of pyridine rings is 1. The number of sulfone groups is 1. The van der Waals surface area contributed by atoms with E-state index in [1.165, 1.54) is 16.5 Å². The summed E-state index contributed by atoms with van der Waals surface area (Å²) in [4.78, 5) is 9.15. The van der Waals surface area contributed by atoms with Crippen LogP contribution in [0.1, 0.15) is 16.7 Å². The zero-order valence-electron chi connectivity index (χ0n) is 15.5. The number of ether oxygens (including phenoxy) is 1. The second kappa shape index (κ2) is 6.20. The van der Waals surface area contributed by atoms with E-state index in [-0.39, 0.29) is 5.75 Å². The van der Waals surface area contributed by atoms with Gasteiger partial charge in [0.25, 0.3) is 0 Å². The van der Waals surface area contributed by atoms with Crippen molar-refractivity contribution in [2.75, 3.05) is 19.4 Å². The molecule has 1 N–H and O–H groups in total. The maximum absolute atomic E-state index is 11.8. The first kappa shape index (κ1) is 17.7. The van der Waals surface area contributed by atoms with E-state index in [0.717, 1.165) is 16.8 Å². The van der Waals surface area contributed by atoms with E-state index < -0.39 is 15.4 Å². The topological polar surface area (TPSA) is 80.7 Å². The van der Waals surface area contributed by atoms with Crippen molar-refractivity contribution in [2.45, 2.75) is 19.4 Å². The second-order valence-electron chi connectivity index (χ2n) is 7.11. The summed E-state index contributed by atoms with van der Waals surface area (Å²) >= 11 is 0. The smallest absolute Gasteiger partial charge is 0.224 e. The molecule has 140 valence electrons. The van der Waals surface area contributed by atoms with Crippen LogP contribution in [-0.2, 0) is 9.84 Å². The van der Waals surface area contributed by atoms with Crippen LogP contribution in [-0.4, -0.2) is 44.2 Å². The van der Waals surface area contributed by atoms with Crippen LogP contribution in [0.25, 0.3) is 11.3 Å². The number of hydrogen-bond donors (Lipinski definition) is 1. The Bertz CT molecular complexity index is 1090. The SMILES string of the molecule is COc1nc(-c2ccc(C)c(C)c2)ccc1C1=NC[C@@]2(C=CS(=O)(=O)C2)N1. The third-order valence-electron chi connectivity index (χ3n) is 5.05. The maximum Gasteiger partial charge on any atom is 0.224 e. The van der Waals surface area contributed by atoms with Gasteiger partial charge in [-0.05, 0) is 49.2 Å². The minimum absolute atomic E-state index is 0.0173. The number of benzene rings is 1. The van der Waals surface area contributed by atoms with Crippen LogP contribution in [0.2, 0.25) is 0 Å². The predicted octanol–water partition coefficient (Wildman–Crippen LogP) is 2.40. The number of nitrogens with zero attached hydrogens (tertiary/aromatic N) is 2. The predicted molar refractivity (Wildman–Crippen MR) is 106 cm³/mol. The van der Waals surface area contributed by atoms with Gasteiger partial charge in [0.2, 0.25) is 5.88 Å². The molecule has 2 aliphatic heterocycles. The molecule has 7 heteroatoms. The zero-order valence-corrected chi connectivity index (χ0v) is 16.3. The number of aromatic nitrogens is 1. The molecule has 0 saturated heterocycles. The number of hydrogen-bond acceptors (Lipinski definition) is 6. The molecule has 1 atom stereocenters. The lowest BCUT2D eigenvalue weighted by molar-refractivity contribution is 0.397. The average molecular weight is 383 g/mol. The fourth-order valence-corrected chi connectivity index (χ4v) is 4.93. The standard InChI is InChI=1S/C20H21N3O3S/c1-13-4-5-15(10-14(13)2)17-7-6-16(19(22-17)26-3)18-21-11-20(23-18)8-9-27(24,25)12-20/h4-10H,11-12H2,1-3H3,(H,21,23)/t20-/m1/s1. The van der Waals surface area contributed by atoms with E-state index in [0.29, 0.717) is 18.3 Å².